The van der Waals surface area contributed by atoms with Gasteiger partial charge in [0.15, 0.2) is 0 Å². The van der Waals surface area contributed by atoms with Gasteiger partial charge in [-0.2, -0.15) is 0 Å². The molecule has 0 saturated carbocycles. The van der Waals surface area contributed by atoms with Gasteiger partial charge in [0.25, 0.3) is 0 Å². The summed E-state index contributed by atoms with van der Waals surface area (Å²) in [5.41, 5.74) is 1.05. The third kappa shape index (κ3) is 2.69. The van der Waals surface area contributed by atoms with E-state index >= 15 is 0 Å². The Bertz CT molecular complexity index is 487. The van der Waals surface area contributed by atoms with Gasteiger partial charge in [-0.3, -0.25) is 0 Å². The number of aryl methyl sites for hydroxylation is 1. The maximum Gasteiger partial charge on any atom is 0.126 e. The van der Waals surface area contributed by atoms with Gasteiger partial charge in [0.2, 0.25) is 0 Å². The number of fused-ring (bicyclic) bond motifs is 1. The number of ether oxygens (including phenoxy) is 1. The first kappa shape index (κ1) is 14.2. The summed E-state index contributed by atoms with van der Waals surface area (Å²) in [6.07, 6.45) is 11.5. The van der Waals surface area contributed by atoms with Crippen molar-refractivity contribution in [1.29, 1.82) is 0 Å². The molecule has 0 radical (unpaired) electrons. The molecule has 0 bridgehead atoms. The quantitative estimate of drug-likeness (QED) is 0.835. The van der Waals surface area contributed by atoms with Crippen LogP contribution in [-0.4, -0.2) is 37.1 Å². The second-order valence-electron chi connectivity index (χ2n) is 5.98. The van der Waals surface area contributed by atoms with E-state index < -0.39 is 0 Å². The van der Waals surface area contributed by atoms with Gasteiger partial charge in [0, 0.05) is 25.1 Å². The summed E-state index contributed by atoms with van der Waals surface area (Å²) in [5.74, 6) is 0. The average Bonchev–Trinajstić information content (AvgIpc) is 2.83. The molecule has 4 heteroatoms. The predicted octanol–water partition coefficient (Wildman–Crippen LogP) is 3.45. The van der Waals surface area contributed by atoms with Gasteiger partial charge in [0.05, 0.1) is 5.69 Å². The fraction of sp³-hybridized carbons (Fsp3) is 0.688. The maximum atomic E-state index is 5.95. The second kappa shape index (κ2) is 5.96. The average molecular weight is 292 g/mol. The standard InChI is InChI=1S/C16H24N2OS/c1-18-11-9-16(19-2,10-12-18)15-17-13-7-5-3-4-6-8-14(13)20-15/h5,7H,3-4,6,8-12H2,1-2H3/b7-5+. The fourth-order valence-electron chi connectivity index (χ4n) is 3.10. The van der Waals surface area contributed by atoms with Crippen molar-refractivity contribution >= 4 is 17.4 Å². The Morgan fingerprint density at radius 1 is 1.30 bits per heavy atom. The topological polar surface area (TPSA) is 25.4 Å². The predicted molar refractivity (Wildman–Crippen MR) is 84.1 cm³/mol. The molecule has 0 unspecified atom stereocenters. The summed E-state index contributed by atoms with van der Waals surface area (Å²) in [6.45, 7) is 2.18. The summed E-state index contributed by atoms with van der Waals surface area (Å²) in [6, 6.07) is 0. The number of nitrogens with zero attached hydrogens (tertiary/aromatic N) is 2. The third-order valence-corrected chi connectivity index (χ3v) is 5.92. The molecule has 0 atom stereocenters. The Balaban J connectivity index is 1.91. The SMILES string of the molecule is COC1(c2nc3c(s2)CCCC/C=C/3)CCN(C)CC1. The summed E-state index contributed by atoms with van der Waals surface area (Å²) in [4.78, 5) is 8.76. The fourth-order valence-corrected chi connectivity index (χ4v) is 4.41. The number of hydrogen-bond acceptors (Lipinski definition) is 4. The Kier molecular flexibility index (Phi) is 4.24. The molecule has 1 aromatic rings. The van der Waals surface area contributed by atoms with Gasteiger partial charge in [0.1, 0.15) is 10.6 Å². The van der Waals surface area contributed by atoms with Crippen molar-refractivity contribution in [1.82, 2.24) is 9.88 Å². The Labute approximate surface area is 125 Å². The minimum Gasteiger partial charge on any atom is -0.371 e. The Hall–Kier alpha value is -0.710. The van der Waals surface area contributed by atoms with Crippen molar-refractivity contribution in [3.8, 4) is 0 Å². The number of aromatic nitrogens is 1. The van der Waals surface area contributed by atoms with E-state index in [0.29, 0.717) is 0 Å². The van der Waals surface area contributed by atoms with Crippen LogP contribution < -0.4 is 0 Å². The molecular formula is C16H24N2OS. The maximum absolute atomic E-state index is 5.95. The molecule has 0 spiro atoms. The highest BCUT2D eigenvalue weighted by atomic mass is 32.1. The van der Waals surface area contributed by atoms with E-state index in [2.05, 4.69) is 24.1 Å². The van der Waals surface area contributed by atoms with Crippen LogP contribution in [0, 0.1) is 0 Å². The molecular weight excluding hydrogens is 268 g/mol. The highest BCUT2D eigenvalue weighted by molar-refractivity contribution is 7.12. The van der Waals surface area contributed by atoms with Crippen LogP contribution in [0.3, 0.4) is 0 Å². The minimum atomic E-state index is -0.147. The third-order valence-electron chi connectivity index (χ3n) is 4.60. The first-order valence-corrected chi connectivity index (χ1v) is 8.45. The highest BCUT2D eigenvalue weighted by Gasteiger charge is 2.38. The number of rotatable bonds is 2. The largest absolute Gasteiger partial charge is 0.371 e. The zero-order valence-corrected chi connectivity index (χ0v) is 13.3. The van der Waals surface area contributed by atoms with Gasteiger partial charge in [-0.15, -0.1) is 11.3 Å². The van der Waals surface area contributed by atoms with Crippen LogP contribution in [-0.2, 0) is 16.8 Å². The molecule has 2 heterocycles. The van der Waals surface area contributed by atoms with Crippen molar-refractivity contribution in [2.75, 3.05) is 27.2 Å². The second-order valence-corrected chi connectivity index (χ2v) is 7.06. The lowest BCUT2D eigenvalue weighted by molar-refractivity contribution is -0.0586. The molecule has 1 fully saturated rings. The first-order chi connectivity index (χ1) is 9.73. The lowest BCUT2D eigenvalue weighted by Crippen LogP contribution is -2.42. The molecule has 3 nitrogen and oxygen atoms in total. The lowest BCUT2D eigenvalue weighted by Gasteiger charge is -2.38. The van der Waals surface area contributed by atoms with Crippen molar-refractivity contribution in [2.45, 2.75) is 44.1 Å². The van der Waals surface area contributed by atoms with E-state index in [4.69, 9.17) is 9.72 Å². The number of methoxy groups -OCH3 is 1. The van der Waals surface area contributed by atoms with E-state index in [1.54, 1.807) is 0 Å². The van der Waals surface area contributed by atoms with Crippen LogP contribution >= 0.6 is 11.3 Å². The highest BCUT2D eigenvalue weighted by Crippen LogP contribution is 2.40. The molecule has 3 rings (SSSR count). The van der Waals surface area contributed by atoms with E-state index in [1.165, 1.54) is 41.3 Å². The number of likely N-dealkylation sites (tertiary alicyclic amines) is 1. The molecule has 1 aromatic heterocycles. The monoisotopic (exact) mass is 292 g/mol. The van der Waals surface area contributed by atoms with Crippen molar-refractivity contribution in [2.24, 2.45) is 0 Å². The lowest BCUT2D eigenvalue weighted by atomic mass is 9.92. The molecule has 1 saturated heterocycles. The van der Waals surface area contributed by atoms with Gasteiger partial charge in [-0.1, -0.05) is 6.08 Å². The number of piperidine rings is 1. The minimum absolute atomic E-state index is 0.147. The van der Waals surface area contributed by atoms with Crippen LogP contribution in [0.1, 0.15) is 47.7 Å². The first-order valence-electron chi connectivity index (χ1n) is 7.64. The van der Waals surface area contributed by atoms with E-state index in [0.717, 1.165) is 25.9 Å². The summed E-state index contributed by atoms with van der Waals surface area (Å²) >= 11 is 1.88. The normalized spacial score (nSPS) is 24.7. The zero-order chi connectivity index (χ0) is 14.0. The molecule has 110 valence electrons. The Morgan fingerprint density at radius 3 is 2.85 bits per heavy atom. The van der Waals surface area contributed by atoms with Crippen molar-refractivity contribution < 1.29 is 4.74 Å². The van der Waals surface area contributed by atoms with E-state index in [-0.39, 0.29) is 5.60 Å². The van der Waals surface area contributed by atoms with Crippen LogP contribution in [0.2, 0.25) is 0 Å². The summed E-state index contributed by atoms with van der Waals surface area (Å²) in [7, 11) is 4.03. The van der Waals surface area contributed by atoms with Gasteiger partial charge in [-0.25, -0.2) is 4.98 Å². The molecule has 0 N–H and O–H groups in total. The van der Waals surface area contributed by atoms with Crippen LogP contribution in [0.15, 0.2) is 6.08 Å². The number of hydrogen-bond donors (Lipinski definition) is 0. The van der Waals surface area contributed by atoms with Gasteiger partial charge >= 0.3 is 0 Å². The summed E-state index contributed by atoms with van der Waals surface area (Å²) in [5, 5.41) is 1.20. The van der Waals surface area contributed by atoms with Crippen LogP contribution in [0.5, 0.6) is 0 Å². The van der Waals surface area contributed by atoms with E-state index in [1.807, 2.05) is 18.4 Å². The zero-order valence-electron chi connectivity index (χ0n) is 12.5. The smallest absolute Gasteiger partial charge is 0.126 e. The molecule has 2 aliphatic rings. The van der Waals surface area contributed by atoms with Gasteiger partial charge in [-0.05, 0) is 51.6 Å². The van der Waals surface area contributed by atoms with Crippen molar-refractivity contribution in [3.05, 3.63) is 21.7 Å². The van der Waals surface area contributed by atoms with Gasteiger partial charge < -0.3 is 9.64 Å². The molecule has 0 aromatic carbocycles. The van der Waals surface area contributed by atoms with E-state index in [9.17, 15) is 0 Å². The van der Waals surface area contributed by atoms with Crippen LogP contribution in [0.4, 0.5) is 0 Å². The Morgan fingerprint density at radius 2 is 2.10 bits per heavy atom. The number of allylic oxidation sites excluding steroid dienone is 1. The molecule has 1 aliphatic carbocycles. The molecule has 0 amide bonds. The van der Waals surface area contributed by atoms with Crippen LogP contribution in [0.25, 0.3) is 6.08 Å². The number of thiazole rings is 1. The summed E-state index contributed by atoms with van der Waals surface area (Å²) < 4.78 is 5.95. The van der Waals surface area contributed by atoms with Crippen molar-refractivity contribution in [3.63, 3.8) is 0 Å². The molecule has 1 aliphatic heterocycles. The molecule has 20 heavy (non-hydrogen) atoms.